The molecule has 4 atom stereocenters. The number of ether oxygens (including phenoxy) is 2. The summed E-state index contributed by atoms with van der Waals surface area (Å²) in [5.41, 5.74) is 1.36. The fourth-order valence-corrected chi connectivity index (χ4v) is 4.37. The second kappa shape index (κ2) is 7.24. The van der Waals surface area contributed by atoms with Gasteiger partial charge in [0.25, 0.3) is 0 Å². The molecule has 2 bridgehead atoms. The third-order valence-corrected chi connectivity index (χ3v) is 5.69. The predicted octanol–water partition coefficient (Wildman–Crippen LogP) is 2.80. The van der Waals surface area contributed by atoms with Gasteiger partial charge in [-0.1, -0.05) is 30.3 Å². The van der Waals surface area contributed by atoms with E-state index in [0.717, 1.165) is 58.2 Å². The van der Waals surface area contributed by atoms with Gasteiger partial charge in [-0.15, -0.1) is 0 Å². The van der Waals surface area contributed by atoms with Crippen LogP contribution in [0.5, 0.6) is 0 Å². The smallest absolute Gasteiger partial charge is 0.228 e. The molecule has 4 nitrogen and oxygen atoms in total. The number of benzene rings is 1. The second-order valence-corrected chi connectivity index (χ2v) is 7.37. The van der Waals surface area contributed by atoms with Crippen molar-refractivity contribution in [3.05, 3.63) is 35.9 Å². The van der Waals surface area contributed by atoms with Crippen molar-refractivity contribution in [3.63, 3.8) is 0 Å². The first-order valence-corrected chi connectivity index (χ1v) is 9.39. The molecule has 1 aromatic rings. The number of carbonyl (C=O) groups excluding carboxylic acids is 1. The van der Waals surface area contributed by atoms with E-state index in [9.17, 15) is 4.79 Å². The minimum Gasteiger partial charge on any atom is -0.376 e. The lowest BCUT2D eigenvalue weighted by atomic mass is 9.88. The van der Waals surface area contributed by atoms with Gasteiger partial charge in [-0.25, -0.2) is 0 Å². The SMILES string of the molecule is O=C([C@H]1C[C@H]2CC[C@H]1O2)N1CC[C@@H](OCCCc2ccccc2)C1. The van der Waals surface area contributed by atoms with E-state index in [1.165, 1.54) is 5.56 Å². The summed E-state index contributed by atoms with van der Waals surface area (Å²) in [6.07, 6.45) is 6.94. The fraction of sp³-hybridized carbons (Fsp3) is 0.650. The summed E-state index contributed by atoms with van der Waals surface area (Å²) in [4.78, 5) is 14.7. The summed E-state index contributed by atoms with van der Waals surface area (Å²) in [7, 11) is 0. The Balaban J connectivity index is 1.17. The summed E-state index contributed by atoms with van der Waals surface area (Å²) in [5.74, 6) is 0.415. The molecule has 3 aliphatic rings. The predicted molar refractivity (Wildman–Crippen MR) is 91.7 cm³/mol. The summed E-state index contributed by atoms with van der Waals surface area (Å²) in [6, 6.07) is 10.5. The van der Waals surface area contributed by atoms with Gasteiger partial charge in [0.05, 0.1) is 24.2 Å². The largest absolute Gasteiger partial charge is 0.376 e. The molecule has 4 rings (SSSR count). The maximum Gasteiger partial charge on any atom is 0.228 e. The Kier molecular flexibility index (Phi) is 4.86. The van der Waals surface area contributed by atoms with Crippen LogP contribution in [0.15, 0.2) is 30.3 Å². The molecule has 4 heteroatoms. The number of likely N-dealkylation sites (tertiary alicyclic amines) is 1. The second-order valence-electron chi connectivity index (χ2n) is 7.37. The van der Waals surface area contributed by atoms with E-state index in [-0.39, 0.29) is 18.1 Å². The zero-order valence-corrected chi connectivity index (χ0v) is 14.2. The van der Waals surface area contributed by atoms with Crippen LogP contribution in [0.2, 0.25) is 0 Å². The molecule has 0 aliphatic carbocycles. The van der Waals surface area contributed by atoms with E-state index < -0.39 is 0 Å². The number of amides is 1. The Morgan fingerprint density at radius 1 is 1.21 bits per heavy atom. The monoisotopic (exact) mass is 329 g/mol. The van der Waals surface area contributed by atoms with Crippen molar-refractivity contribution in [2.45, 2.75) is 56.8 Å². The Labute approximate surface area is 144 Å². The summed E-state index contributed by atoms with van der Waals surface area (Å²) >= 11 is 0. The Hall–Kier alpha value is -1.39. The zero-order valence-electron chi connectivity index (χ0n) is 14.2. The van der Waals surface area contributed by atoms with Gasteiger partial charge in [0.1, 0.15) is 0 Å². The normalized spacial score (nSPS) is 31.8. The maximum atomic E-state index is 12.7. The Morgan fingerprint density at radius 3 is 2.83 bits per heavy atom. The van der Waals surface area contributed by atoms with Crippen LogP contribution in [0.3, 0.4) is 0 Å². The highest BCUT2D eigenvalue weighted by Crippen LogP contribution is 2.40. The average molecular weight is 329 g/mol. The van der Waals surface area contributed by atoms with Gasteiger partial charge in [-0.2, -0.15) is 0 Å². The lowest BCUT2D eigenvalue weighted by Crippen LogP contribution is -2.39. The molecular formula is C20H27NO3. The fourth-order valence-electron chi connectivity index (χ4n) is 4.37. The summed E-state index contributed by atoms with van der Waals surface area (Å²) in [5, 5.41) is 0. The highest BCUT2D eigenvalue weighted by atomic mass is 16.5. The molecule has 0 radical (unpaired) electrons. The summed E-state index contributed by atoms with van der Waals surface area (Å²) < 4.78 is 11.8. The number of nitrogens with zero attached hydrogens (tertiary/aromatic N) is 1. The van der Waals surface area contributed by atoms with Crippen LogP contribution in [0.1, 0.15) is 37.7 Å². The highest BCUT2D eigenvalue weighted by Gasteiger charge is 2.46. The number of hydrogen-bond acceptors (Lipinski definition) is 3. The van der Waals surface area contributed by atoms with Crippen LogP contribution >= 0.6 is 0 Å². The van der Waals surface area contributed by atoms with E-state index >= 15 is 0 Å². The molecule has 130 valence electrons. The van der Waals surface area contributed by atoms with Crippen LogP contribution in [0, 0.1) is 5.92 Å². The lowest BCUT2D eigenvalue weighted by Gasteiger charge is -2.24. The molecule has 0 spiro atoms. The highest BCUT2D eigenvalue weighted by molar-refractivity contribution is 5.80. The molecule has 0 aromatic heterocycles. The van der Waals surface area contributed by atoms with Crippen LogP contribution in [-0.4, -0.2) is 48.8 Å². The first kappa shape index (κ1) is 16.1. The van der Waals surface area contributed by atoms with Crippen molar-refractivity contribution in [1.82, 2.24) is 4.90 Å². The topological polar surface area (TPSA) is 38.8 Å². The number of rotatable bonds is 6. The van der Waals surface area contributed by atoms with Gasteiger partial charge in [0, 0.05) is 19.7 Å². The van der Waals surface area contributed by atoms with Gasteiger partial charge in [0.15, 0.2) is 0 Å². The number of carbonyl (C=O) groups is 1. The van der Waals surface area contributed by atoms with E-state index in [4.69, 9.17) is 9.47 Å². The van der Waals surface area contributed by atoms with E-state index in [1.807, 2.05) is 11.0 Å². The minimum absolute atomic E-state index is 0.112. The van der Waals surface area contributed by atoms with Gasteiger partial charge in [-0.05, 0) is 44.1 Å². The standard InChI is InChI=1S/C20H27NO3/c22-20(18-13-16-8-9-19(18)24-16)21-11-10-17(14-21)23-12-4-7-15-5-2-1-3-6-15/h1-3,5-6,16-19H,4,7-14H2/t16-,17-,18+,19-/m1/s1. The van der Waals surface area contributed by atoms with Gasteiger partial charge >= 0.3 is 0 Å². The van der Waals surface area contributed by atoms with Gasteiger partial charge in [-0.3, -0.25) is 4.79 Å². The van der Waals surface area contributed by atoms with Crippen LogP contribution < -0.4 is 0 Å². The molecule has 1 aromatic carbocycles. The number of aryl methyl sites for hydroxylation is 1. The van der Waals surface area contributed by atoms with E-state index in [2.05, 4.69) is 24.3 Å². The maximum absolute atomic E-state index is 12.7. The summed E-state index contributed by atoms with van der Waals surface area (Å²) in [6.45, 7) is 2.38. The first-order chi connectivity index (χ1) is 11.8. The van der Waals surface area contributed by atoms with Crippen LogP contribution in [-0.2, 0) is 20.7 Å². The third kappa shape index (κ3) is 3.50. The number of hydrogen-bond donors (Lipinski definition) is 0. The third-order valence-electron chi connectivity index (χ3n) is 5.69. The van der Waals surface area contributed by atoms with Crippen molar-refractivity contribution >= 4 is 5.91 Å². The van der Waals surface area contributed by atoms with Gasteiger partial charge < -0.3 is 14.4 Å². The molecule has 0 saturated carbocycles. The molecule has 3 heterocycles. The average Bonchev–Trinajstić information content (AvgIpc) is 3.35. The molecule has 24 heavy (non-hydrogen) atoms. The van der Waals surface area contributed by atoms with Crippen molar-refractivity contribution in [2.24, 2.45) is 5.92 Å². The number of fused-ring (bicyclic) bond motifs is 2. The van der Waals surface area contributed by atoms with Crippen molar-refractivity contribution in [3.8, 4) is 0 Å². The van der Waals surface area contributed by atoms with E-state index in [0.29, 0.717) is 12.0 Å². The van der Waals surface area contributed by atoms with Crippen LogP contribution in [0.4, 0.5) is 0 Å². The molecule has 0 unspecified atom stereocenters. The molecular weight excluding hydrogens is 302 g/mol. The minimum atomic E-state index is 0.112. The lowest BCUT2D eigenvalue weighted by molar-refractivity contribution is -0.136. The molecule has 0 N–H and O–H groups in total. The quantitative estimate of drug-likeness (QED) is 0.753. The molecule has 3 aliphatic heterocycles. The Bertz CT molecular complexity index is 561. The van der Waals surface area contributed by atoms with Crippen LogP contribution in [0.25, 0.3) is 0 Å². The zero-order chi connectivity index (χ0) is 16.4. The Morgan fingerprint density at radius 2 is 2.08 bits per heavy atom. The molecule has 1 amide bonds. The van der Waals surface area contributed by atoms with Crippen molar-refractivity contribution in [1.29, 1.82) is 0 Å². The van der Waals surface area contributed by atoms with E-state index in [1.54, 1.807) is 0 Å². The van der Waals surface area contributed by atoms with Gasteiger partial charge in [0.2, 0.25) is 5.91 Å². The molecule has 3 fully saturated rings. The molecule has 3 saturated heterocycles. The first-order valence-electron chi connectivity index (χ1n) is 9.39. The van der Waals surface area contributed by atoms with Crippen molar-refractivity contribution in [2.75, 3.05) is 19.7 Å². The van der Waals surface area contributed by atoms with Crippen molar-refractivity contribution < 1.29 is 14.3 Å².